The van der Waals surface area contributed by atoms with Crippen LogP contribution in [0.25, 0.3) is 0 Å². The molecule has 0 aliphatic rings. The molecule has 0 aliphatic heterocycles. The third-order valence-corrected chi connectivity index (χ3v) is 0.869. The smallest absolute Gasteiger partial charge is 0.382 e. The van der Waals surface area contributed by atoms with E-state index in [9.17, 15) is 13.2 Å². The van der Waals surface area contributed by atoms with Crippen LogP contribution >= 0.6 is 0 Å². The average Bonchev–Trinajstić information content (AvgIpc) is 2.11. The molecule has 56 valence electrons. The zero-order chi connectivity index (χ0) is 7.78. The maximum absolute atomic E-state index is 11.6. The number of aromatic nitrogens is 2. The fourth-order valence-corrected chi connectivity index (χ4v) is 0.479. The molecule has 1 heterocycles. The molecule has 1 aromatic rings. The van der Waals surface area contributed by atoms with Crippen molar-refractivity contribution in [3.8, 4) is 0 Å². The van der Waals surface area contributed by atoms with Crippen molar-refractivity contribution in [2.24, 2.45) is 0 Å². The lowest BCUT2D eigenvalue weighted by Gasteiger charge is -2.03. The van der Waals surface area contributed by atoms with Crippen LogP contribution in [0.15, 0.2) is 12.3 Å². The minimum absolute atomic E-state index is 0.141. The highest BCUT2D eigenvalue weighted by Crippen LogP contribution is 2.20. The number of hydrogen-bond donors (Lipinski definition) is 1. The van der Waals surface area contributed by atoms with Crippen molar-refractivity contribution < 1.29 is 13.2 Å². The van der Waals surface area contributed by atoms with Gasteiger partial charge in [-0.25, -0.2) is 0 Å². The quantitative estimate of drug-likeness (QED) is 0.599. The minimum Gasteiger partial charge on any atom is -0.382 e. The van der Waals surface area contributed by atoms with Crippen LogP contribution in [0.5, 0.6) is 0 Å². The van der Waals surface area contributed by atoms with Crippen LogP contribution in [0.4, 0.5) is 19.0 Å². The van der Waals surface area contributed by atoms with Gasteiger partial charge < -0.3 is 5.73 Å². The van der Waals surface area contributed by atoms with Crippen molar-refractivity contribution in [3.63, 3.8) is 0 Å². The summed E-state index contributed by atoms with van der Waals surface area (Å²) in [5, 5.41) is 2.95. The molecule has 0 fully saturated rings. The largest absolute Gasteiger partial charge is 0.504 e. The summed E-state index contributed by atoms with van der Waals surface area (Å²) in [4.78, 5) is 0. The first-order chi connectivity index (χ1) is 4.50. The summed E-state index contributed by atoms with van der Waals surface area (Å²) in [6, 6.07) is 1.08. The minimum atomic E-state index is -4.46. The van der Waals surface area contributed by atoms with Gasteiger partial charge in [-0.3, -0.25) is 0 Å². The first-order valence-electron chi connectivity index (χ1n) is 2.38. The first kappa shape index (κ1) is 6.91. The number of anilines is 1. The molecule has 0 amide bonds. The van der Waals surface area contributed by atoms with E-state index < -0.39 is 6.30 Å². The Morgan fingerprint density at radius 3 is 2.30 bits per heavy atom. The van der Waals surface area contributed by atoms with Gasteiger partial charge in [0.25, 0.3) is 0 Å². The molecular formula is C4H4F3N3. The fraction of sp³-hybridized carbons (Fsp3) is 0.250. The van der Waals surface area contributed by atoms with E-state index in [0.29, 0.717) is 0 Å². The van der Waals surface area contributed by atoms with Gasteiger partial charge in [-0.2, -0.15) is 4.68 Å². The van der Waals surface area contributed by atoms with Crippen LogP contribution in [0.1, 0.15) is 0 Å². The molecular weight excluding hydrogens is 147 g/mol. The van der Waals surface area contributed by atoms with Gasteiger partial charge in [-0.15, -0.1) is 18.3 Å². The zero-order valence-corrected chi connectivity index (χ0v) is 4.76. The van der Waals surface area contributed by atoms with Crippen molar-refractivity contribution >= 4 is 5.82 Å². The van der Waals surface area contributed by atoms with Gasteiger partial charge in [0.15, 0.2) is 0 Å². The highest BCUT2D eigenvalue weighted by atomic mass is 19.4. The van der Waals surface area contributed by atoms with Gasteiger partial charge >= 0.3 is 6.30 Å². The monoisotopic (exact) mass is 151 g/mol. The maximum atomic E-state index is 11.6. The second-order valence-electron chi connectivity index (χ2n) is 1.65. The van der Waals surface area contributed by atoms with E-state index in [1.165, 1.54) is 0 Å². The molecule has 0 aliphatic carbocycles. The van der Waals surface area contributed by atoms with E-state index in [4.69, 9.17) is 5.73 Å². The van der Waals surface area contributed by atoms with Crippen LogP contribution in [0, 0.1) is 0 Å². The SMILES string of the molecule is Nc1ccn(C(F)(F)F)n1. The molecule has 2 N–H and O–H groups in total. The number of rotatable bonds is 0. The maximum Gasteiger partial charge on any atom is 0.504 e. The van der Waals surface area contributed by atoms with Gasteiger partial charge in [0, 0.05) is 12.3 Å². The second-order valence-corrected chi connectivity index (χ2v) is 1.65. The predicted octanol–water partition coefficient (Wildman–Crippen LogP) is 0.942. The first-order valence-corrected chi connectivity index (χ1v) is 2.38. The molecule has 0 saturated heterocycles. The normalized spacial score (nSPS) is 11.9. The van der Waals surface area contributed by atoms with Crippen molar-refractivity contribution in [2.75, 3.05) is 5.73 Å². The standard InChI is InChI=1S/C4H4F3N3/c5-4(6,7)10-2-1-3(8)9-10/h1-2H,(H2,8,9). The van der Waals surface area contributed by atoms with E-state index in [1.54, 1.807) is 0 Å². The van der Waals surface area contributed by atoms with Gasteiger partial charge in [0.05, 0.1) is 0 Å². The Hall–Kier alpha value is -1.20. The molecule has 1 aromatic heterocycles. The number of alkyl halides is 3. The molecule has 0 aromatic carbocycles. The average molecular weight is 151 g/mol. The zero-order valence-electron chi connectivity index (χ0n) is 4.76. The summed E-state index contributed by atoms with van der Waals surface area (Å²) in [6.07, 6.45) is -3.70. The molecule has 0 spiro atoms. The van der Waals surface area contributed by atoms with Gasteiger partial charge in [0.2, 0.25) is 0 Å². The topological polar surface area (TPSA) is 43.8 Å². The van der Waals surface area contributed by atoms with Gasteiger partial charge in [-0.05, 0) is 0 Å². The third-order valence-electron chi connectivity index (χ3n) is 0.869. The van der Waals surface area contributed by atoms with E-state index >= 15 is 0 Å². The molecule has 0 saturated carbocycles. The number of hydrogen-bond acceptors (Lipinski definition) is 2. The lowest BCUT2D eigenvalue weighted by Crippen LogP contribution is -2.17. The second kappa shape index (κ2) is 1.89. The summed E-state index contributed by atoms with van der Waals surface area (Å²) in [7, 11) is 0. The van der Waals surface area contributed by atoms with Crippen molar-refractivity contribution in [2.45, 2.75) is 6.30 Å². The Labute approximate surface area is 54.2 Å². The number of nitrogen functional groups attached to an aromatic ring is 1. The Morgan fingerprint density at radius 2 is 2.10 bits per heavy atom. The lowest BCUT2D eigenvalue weighted by atomic mass is 10.7. The summed E-state index contributed by atoms with van der Waals surface area (Å²) >= 11 is 0. The highest BCUT2D eigenvalue weighted by molar-refractivity contribution is 5.23. The number of nitrogens with two attached hydrogens (primary N) is 1. The molecule has 6 heteroatoms. The van der Waals surface area contributed by atoms with E-state index in [2.05, 4.69) is 5.10 Å². The van der Waals surface area contributed by atoms with Crippen LogP contribution in [0.3, 0.4) is 0 Å². The van der Waals surface area contributed by atoms with Crippen LogP contribution in [0.2, 0.25) is 0 Å². The molecule has 1 rings (SSSR count). The Bertz CT molecular complexity index is 226. The Balaban J connectivity index is 2.96. The van der Waals surface area contributed by atoms with Crippen LogP contribution < -0.4 is 5.73 Å². The predicted molar refractivity (Wildman–Crippen MR) is 27.9 cm³/mol. The molecule has 0 atom stereocenters. The molecule has 3 nitrogen and oxygen atoms in total. The highest BCUT2D eigenvalue weighted by Gasteiger charge is 2.31. The van der Waals surface area contributed by atoms with Crippen LogP contribution in [-0.2, 0) is 6.30 Å². The Kier molecular flexibility index (Phi) is 1.31. The summed E-state index contributed by atoms with van der Waals surface area (Å²) in [6.45, 7) is 0. The van der Waals surface area contributed by atoms with Crippen LogP contribution in [-0.4, -0.2) is 9.78 Å². The number of halogens is 3. The molecule has 0 unspecified atom stereocenters. The Morgan fingerprint density at radius 1 is 1.50 bits per heavy atom. The van der Waals surface area contributed by atoms with Crippen molar-refractivity contribution in [1.29, 1.82) is 0 Å². The number of nitrogens with zero attached hydrogens (tertiary/aromatic N) is 2. The lowest BCUT2D eigenvalue weighted by molar-refractivity contribution is -0.212. The van der Waals surface area contributed by atoms with E-state index in [-0.39, 0.29) is 10.5 Å². The third kappa shape index (κ3) is 1.20. The summed E-state index contributed by atoms with van der Waals surface area (Å²) in [5.74, 6) is -0.141. The fourth-order valence-electron chi connectivity index (χ4n) is 0.479. The van der Waals surface area contributed by atoms with Crippen molar-refractivity contribution in [1.82, 2.24) is 9.78 Å². The summed E-state index contributed by atoms with van der Waals surface area (Å²) in [5.41, 5.74) is 4.94. The van der Waals surface area contributed by atoms with E-state index in [1.807, 2.05) is 0 Å². The molecule has 0 radical (unpaired) electrons. The van der Waals surface area contributed by atoms with Gasteiger partial charge in [0.1, 0.15) is 5.82 Å². The molecule has 0 bridgehead atoms. The van der Waals surface area contributed by atoms with Gasteiger partial charge in [-0.1, -0.05) is 0 Å². The van der Waals surface area contributed by atoms with Crippen molar-refractivity contribution in [3.05, 3.63) is 12.3 Å². The molecule has 10 heavy (non-hydrogen) atoms. The summed E-state index contributed by atoms with van der Waals surface area (Å²) < 4.78 is 34.8. The van der Waals surface area contributed by atoms with E-state index in [0.717, 1.165) is 12.3 Å².